The number of hydrogen-bond donors (Lipinski definition) is 1. The highest BCUT2D eigenvalue weighted by atomic mass is 32.2. The van der Waals surface area contributed by atoms with E-state index in [2.05, 4.69) is 27.5 Å². The zero-order chi connectivity index (χ0) is 19.9. The quantitative estimate of drug-likeness (QED) is 0.444. The first-order valence-corrected chi connectivity index (χ1v) is 10.5. The first-order chi connectivity index (χ1) is 13.6. The zero-order valence-electron chi connectivity index (χ0n) is 15.4. The van der Waals surface area contributed by atoms with Gasteiger partial charge in [-0.25, -0.2) is 4.68 Å². The average molecular weight is 418 g/mol. The van der Waals surface area contributed by atoms with Crippen LogP contribution in [0.3, 0.4) is 0 Å². The van der Waals surface area contributed by atoms with Crippen molar-refractivity contribution < 1.29 is 9.53 Å². The van der Waals surface area contributed by atoms with Gasteiger partial charge in [-0.3, -0.25) is 14.9 Å². The minimum Gasteiger partial charge on any atom is -0.494 e. The van der Waals surface area contributed by atoms with Crippen LogP contribution in [0, 0.1) is 0 Å². The van der Waals surface area contributed by atoms with Gasteiger partial charge in [-0.2, -0.15) is 5.10 Å². The number of anilines is 1. The lowest BCUT2D eigenvalue weighted by Crippen LogP contribution is -2.25. The lowest BCUT2D eigenvalue weighted by atomic mass is 10.3. The van der Waals surface area contributed by atoms with E-state index >= 15 is 0 Å². The molecule has 1 N–H and O–H groups in total. The van der Waals surface area contributed by atoms with Crippen LogP contribution in [0.25, 0.3) is 5.69 Å². The Bertz CT molecular complexity index is 1000. The van der Waals surface area contributed by atoms with Crippen LogP contribution in [0.1, 0.15) is 30.8 Å². The van der Waals surface area contributed by atoms with Crippen molar-refractivity contribution in [2.24, 2.45) is 0 Å². The predicted molar refractivity (Wildman–Crippen MR) is 110 cm³/mol. The van der Waals surface area contributed by atoms with E-state index in [1.165, 1.54) is 28.3 Å². The molecular formula is C18H19N5O3S2. The van der Waals surface area contributed by atoms with Crippen LogP contribution >= 0.6 is 23.1 Å². The number of carbonyl (C=O) groups excluding carboxylic acids is 1. The fourth-order valence-corrected chi connectivity index (χ4v) is 3.91. The average Bonchev–Trinajstić information content (AvgIpc) is 3.15. The van der Waals surface area contributed by atoms with E-state index in [0.717, 1.165) is 22.3 Å². The number of benzene rings is 1. The molecule has 28 heavy (non-hydrogen) atoms. The van der Waals surface area contributed by atoms with Crippen molar-refractivity contribution in [3.8, 4) is 11.4 Å². The minimum atomic E-state index is -0.617. The molecule has 0 fully saturated rings. The molecule has 3 aromatic rings. The van der Waals surface area contributed by atoms with Crippen molar-refractivity contribution in [2.45, 2.75) is 24.6 Å². The van der Waals surface area contributed by atoms with Crippen LogP contribution in [0.2, 0.25) is 0 Å². The van der Waals surface area contributed by atoms with Crippen molar-refractivity contribution in [3.63, 3.8) is 0 Å². The Kier molecular flexibility index (Phi) is 6.77. The Morgan fingerprint density at radius 3 is 2.71 bits per heavy atom. The van der Waals surface area contributed by atoms with Gasteiger partial charge in [0.2, 0.25) is 10.6 Å². The van der Waals surface area contributed by atoms with Crippen molar-refractivity contribution in [1.82, 2.24) is 20.0 Å². The number of aromatic nitrogens is 4. The van der Waals surface area contributed by atoms with Crippen LogP contribution in [-0.2, 0) is 0 Å². The van der Waals surface area contributed by atoms with Crippen molar-refractivity contribution in [3.05, 3.63) is 52.4 Å². The lowest BCUT2D eigenvalue weighted by Gasteiger charge is -2.08. The Morgan fingerprint density at radius 2 is 2.00 bits per heavy atom. The highest BCUT2D eigenvalue weighted by Gasteiger charge is 2.16. The maximum absolute atomic E-state index is 12.5. The van der Waals surface area contributed by atoms with E-state index in [0.29, 0.717) is 17.4 Å². The van der Waals surface area contributed by atoms with Crippen LogP contribution in [0.5, 0.6) is 5.75 Å². The third kappa shape index (κ3) is 4.96. The molecular weight excluding hydrogens is 398 g/mol. The smallest absolute Gasteiger partial charge is 0.282 e. The monoisotopic (exact) mass is 417 g/mol. The van der Waals surface area contributed by atoms with E-state index < -0.39 is 11.3 Å². The number of nitrogens with zero attached hydrogens (tertiary/aromatic N) is 4. The van der Waals surface area contributed by atoms with Gasteiger partial charge in [0.25, 0.3) is 5.91 Å². The summed E-state index contributed by atoms with van der Waals surface area (Å²) < 4.78 is 7.65. The number of carbonyl (C=O) groups is 1. The molecule has 3 rings (SSSR count). The molecule has 8 nitrogen and oxygen atoms in total. The van der Waals surface area contributed by atoms with Gasteiger partial charge in [0, 0.05) is 18.0 Å². The number of thioether (sulfide) groups is 1. The third-order valence-corrected chi connectivity index (χ3v) is 5.67. The van der Waals surface area contributed by atoms with E-state index in [1.54, 1.807) is 36.0 Å². The molecule has 146 valence electrons. The van der Waals surface area contributed by atoms with Gasteiger partial charge in [0.15, 0.2) is 10.0 Å². The number of rotatable bonds is 8. The van der Waals surface area contributed by atoms with Crippen LogP contribution in [0.4, 0.5) is 5.13 Å². The fourth-order valence-electron chi connectivity index (χ4n) is 2.23. The Hall–Kier alpha value is -2.72. The van der Waals surface area contributed by atoms with Gasteiger partial charge in [0.1, 0.15) is 5.75 Å². The minimum absolute atomic E-state index is 0.214. The second-order valence-electron chi connectivity index (χ2n) is 5.58. The van der Waals surface area contributed by atoms with Crippen molar-refractivity contribution in [2.75, 3.05) is 17.7 Å². The summed E-state index contributed by atoms with van der Waals surface area (Å²) in [5.74, 6) is 1.04. The topological polar surface area (TPSA) is 99.0 Å². The molecule has 0 aliphatic heterocycles. The van der Waals surface area contributed by atoms with E-state index in [-0.39, 0.29) is 5.69 Å². The summed E-state index contributed by atoms with van der Waals surface area (Å²) in [6.07, 6.45) is 2.53. The molecule has 10 heteroatoms. The second kappa shape index (κ2) is 9.47. The Labute approximate surface area is 170 Å². The maximum Gasteiger partial charge on any atom is 0.282 e. The van der Waals surface area contributed by atoms with Gasteiger partial charge in [-0.05, 0) is 37.6 Å². The Balaban J connectivity index is 1.77. The van der Waals surface area contributed by atoms with Gasteiger partial charge in [-0.1, -0.05) is 30.0 Å². The molecule has 0 spiro atoms. The second-order valence-corrected chi connectivity index (χ2v) is 7.90. The molecule has 0 saturated carbocycles. The summed E-state index contributed by atoms with van der Waals surface area (Å²) in [5, 5.41) is 15.1. The zero-order valence-corrected chi connectivity index (χ0v) is 17.0. The molecule has 0 aliphatic rings. The predicted octanol–water partition coefficient (Wildman–Crippen LogP) is 3.24. The van der Waals surface area contributed by atoms with E-state index in [4.69, 9.17) is 4.74 Å². The summed E-state index contributed by atoms with van der Waals surface area (Å²) in [6, 6.07) is 8.50. The van der Waals surface area contributed by atoms with Crippen LogP contribution in [-0.4, -0.2) is 38.2 Å². The van der Waals surface area contributed by atoms with Gasteiger partial charge in [0.05, 0.1) is 12.3 Å². The highest BCUT2D eigenvalue weighted by Crippen LogP contribution is 2.25. The molecule has 0 atom stereocenters. The standard InChI is InChI=1S/C18H19N5O3S2/c1-3-11-27-18-21-20-17(28-18)19-16(25)15-14(24)9-10-23(22-15)12-5-7-13(8-6-12)26-4-2/h5-10H,3-4,11H2,1-2H3,(H,19,20,25). The normalized spacial score (nSPS) is 10.6. The fraction of sp³-hybridized carbons (Fsp3) is 0.278. The molecule has 2 aromatic heterocycles. The van der Waals surface area contributed by atoms with Crippen LogP contribution < -0.4 is 15.5 Å². The van der Waals surface area contributed by atoms with Crippen molar-refractivity contribution >= 4 is 34.1 Å². The van der Waals surface area contributed by atoms with Crippen molar-refractivity contribution in [1.29, 1.82) is 0 Å². The lowest BCUT2D eigenvalue weighted by molar-refractivity contribution is 0.101. The number of nitrogens with one attached hydrogen (secondary N) is 1. The summed E-state index contributed by atoms with van der Waals surface area (Å²) in [5.41, 5.74) is 0.0193. The third-order valence-electron chi connectivity index (χ3n) is 3.49. The molecule has 2 heterocycles. The summed E-state index contributed by atoms with van der Waals surface area (Å²) >= 11 is 2.84. The molecule has 0 unspecified atom stereocenters. The first kappa shape index (κ1) is 20.0. The number of hydrogen-bond acceptors (Lipinski definition) is 8. The highest BCUT2D eigenvalue weighted by molar-refractivity contribution is 8.01. The first-order valence-electron chi connectivity index (χ1n) is 8.71. The SMILES string of the molecule is CCCSc1nnc(NC(=O)c2nn(-c3ccc(OCC)cc3)ccc2=O)s1. The maximum atomic E-state index is 12.5. The van der Waals surface area contributed by atoms with Gasteiger partial charge >= 0.3 is 0 Å². The van der Waals surface area contributed by atoms with E-state index in [1.807, 2.05) is 6.92 Å². The summed E-state index contributed by atoms with van der Waals surface area (Å²) in [7, 11) is 0. The van der Waals surface area contributed by atoms with Gasteiger partial charge in [-0.15, -0.1) is 10.2 Å². The molecule has 1 aromatic carbocycles. The molecule has 0 saturated heterocycles. The van der Waals surface area contributed by atoms with Crippen LogP contribution in [0.15, 0.2) is 45.7 Å². The van der Waals surface area contributed by atoms with E-state index in [9.17, 15) is 9.59 Å². The van der Waals surface area contributed by atoms with Gasteiger partial charge < -0.3 is 4.74 Å². The molecule has 0 aliphatic carbocycles. The summed E-state index contributed by atoms with van der Waals surface area (Å²) in [6.45, 7) is 4.56. The Morgan fingerprint density at radius 1 is 1.21 bits per heavy atom. The molecule has 0 radical (unpaired) electrons. The largest absolute Gasteiger partial charge is 0.494 e. The number of amides is 1. The molecule has 0 bridgehead atoms. The molecule has 1 amide bonds. The summed E-state index contributed by atoms with van der Waals surface area (Å²) in [4.78, 5) is 24.6. The number of ether oxygens (including phenoxy) is 1.